The molecule has 0 bridgehead atoms. The van der Waals surface area contributed by atoms with Gasteiger partial charge < -0.3 is 10.2 Å². The Morgan fingerprint density at radius 1 is 1.42 bits per heavy atom. The Morgan fingerprint density at radius 3 is 2.68 bits per heavy atom. The molecule has 7 heteroatoms. The van der Waals surface area contributed by atoms with E-state index >= 15 is 0 Å². The summed E-state index contributed by atoms with van der Waals surface area (Å²) in [4.78, 5) is 2.26. The van der Waals surface area contributed by atoms with Crippen LogP contribution >= 0.6 is 11.6 Å². The van der Waals surface area contributed by atoms with Crippen molar-refractivity contribution in [1.29, 1.82) is 0 Å². The second-order valence-corrected chi connectivity index (χ2v) is 7.12. The zero-order valence-corrected chi connectivity index (χ0v) is 12.6. The third-order valence-corrected chi connectivity index (χ3v) is 3.93. The first kappa shape index (κ1) is 14.4. The minimum Gasteiger partial charge on any atom is -0.381 e. The molecule has 0 saturated carbocycles. The summed E-state index contributed by atoms with van der Waals surface area (Å²) < 4.78 is 24.7. The second kappa shape index (κ2) is 5.56. The lowest BCUT2D eigenvalue weighted by atomic mass is 10.2. The van der Waals surface area contributed by atoms with E-state index in [2.05, 4.69) is 22.0 Å². The molecule has 1 aromatic rings. The van der Waals surface area contributed by atoms with Crippen LogP contribution in [0.5, 0.6) is 0 Å². The molecule has 19 heavy (non-hydrogen) atoms. The maximum absolute atomic E-state index is 11.2. The van der Waals surface area contributed by atoms with E-state index in [1.165, 1.54) is 0 Å². The Bertz CT molecular complexity index is 562. The normalized spacial score (nSPS) is 20.5. The number of rotatable bonds is 4. The Morgan fingerprint density at radius 2 is 2.16 bits per heavy atom. The summed E-state index contributed by atoms with van der Waals surface area (Å²) in [5, 5.41) is 3.79. The number of halogens is 1. The zero-order valence-electron chi connectivity index (χ0n) is 11.0. The van der Waals surface area contributed by atoms with Gasteiger partial charge in [0, 0.05) is 18.3 Å². The summed E-state index contributed by atoms with van der Waals surface area (Å²) in [6.07, 6.45) is 2.20. The van der Waals surface area contributed by atoms with Crippen molar-refractivity contribution in [2.75, 3.05) is 36.4 Å². The molecule has 0 radical (unpaired) electrons. The number of nitrogens with zero attached hydrogens (tertiary/aromatic N) is 1. The highest BCUT2D eigenvalue weighted by atomic mass is 35.5. The molecule has 0 aromatic heterocycles. The van der Waals surface area contributed by atoms with E-state index in [9.17, 15) is 8.42 Å². The van der Waals surface area contributed by atoms with Gasteiger partial charge in [-0.25, -0.2) is 8.42 Å². The highest BCUT2D eigenvalue weighted by Crippen LogP contribution is 2.27. The van der Waals surface area contributed by atoms with E-state index in [4.69, 9.17) is 11.6 Å². The van der Waals surface area contributed by atoms with Gasteiger partial charge in [0.1, 0.15) is 0 Å². The average Bonchev–Trinajstić information content (AvgIpc) is 2.66. The molecular formula is C12H18ClN3O2S. The molecule has 2 rings (SSSR count). The van der Waals surface area contributed by atoms with Crippen LogP contribution < -0.4 is 10.0 Å². The largest absolute Gasteiger partial charge is 0.381 e. The number of likely N-dealkylation sites (tertiary alicyclic amines) is 1. The van der Waals surface area contributed by atoms with Crippen molar-refractivity contribution in [3.05, 3.63) is 23.2 Å². The van der Waals surface area contributed by atoms with Crippen molar-refractivity contribution >= 4 is 33.0 Å². The summed E-state index contributed by atoms with van der Waals surface area (Å²) in [7, 11) is -1.21. The zero-order chi connectivity index (χ0) is 14.0. The molecular weight excluding hydrogens is 286 g/mol. The molecule has 1 aromatic carbocycles. The van der Waals surface area contributed by atoms with Crippen molar-refractivity contribution < 1.29 is 8.42 Å². The van der Waals surface area contributed by atoms with Crippen LogP contribution in [0.1, 0.15) is 6.42 Å². The molecule has 1 aliphatic heterocycles. The molecule has 1 unspecified atom stereocenters. The predicted octanol–water partition coefficient (Wildman–Crippen LogP) is 1.83. The van der Waals surface area contributed by atoms with Crippen LogP contribution in [-0.4, -0.2) is 45.8 Å². The van der Waals surface area contributed by atoms with Crippen LogP contribution in [0.15, 0.2) is 18.2 Å². The molecule has 2 N–H and O–H groups in total. The van der Waals surface area contributed by atoms with Crippen LogP contribution in [0.3, 0.4) is 0 Å². The summed E-state index contributed by atoms with van der Waals surface area (Å²) in [5.74, 6) is 0. The van der Waals surface area contributed by atoms with Crippen molar-refractivity contribution in [2.45, 2.75) is 12.5 Å². The number of anilines is 2. The molecule has 1 aliphatic rings. The summed E-state index contributed by atoms with van der Waals surface area (Å²) in [6.45, 7) is 2.08. The molecule has 106 valence electrons. The summed E-state index contributed by atoms with van der Waals surface area (Å²) >= 11 is 6.07. The number of hydrogen-bond donors (Lipinski definition) is 2. The fraction of sp³-hybridized carbons (Fsp3) is 0.500. The molecule has 1 saturated heterocycles. The van der Waals surface area contributed by atoms with Crippen LogP contribution in [0, 0.1) is 0 Å². The average molecular weight is 304 g/mol. The SMILES string of the molecule is CN1CCC(Nc2ccc(NS(C)(=O)=O)c(Cl)c2)C1. The van der Waals surface area contributed by atoms with Crippen LogP contribution in [0.2, 0.25) is 5.02 Å². The molecule has 1 atom stereocenters. The van der Waals surface area contributed by atoms with E-state index in [1.807, 2.05) is 6.07 Å². The minimum absolute atomic E-state index is 0.391. The first-order valence-electron chi connectivity index (χ1n) is 6.06. The Hall–Kier alpha value is -0.980. The highest BCUT2D eigenvalue weighted by Gasteiger charge is 2.19. The van der Waals surface area contributed by atoms with E-state index in [0.29, 0.717) is 16.8 Å². The lowest BCUT2D eigenvalue weighted by molar-refractivity contribution is 0.414. The number of sulfonamides is 1. The fourth-order valence-electron chi connectivity index (χ4n) is 2.18. The quantitative estimate of drug-likeness (QED) is 0.891. The Labute approximate surface area is 119 Å². The van der Waals surface area contributed by atoms with Gasteiger partial charge in [-0.1, -0.05) is 11.6 Å². The minimum atomic E-state index is -3.30. The number of benzene rings is 1. The van der Waals surface area contributed by atoms with Crippen molar-refractivity contribution in [1.82, 2.24) is 4.90 Å². The van der Waals surface area contributed by atoms with E-state index in [-0.39, 0.29) is 0 Å². The molecule has 0 aliphatic carbocycles. The third kappa shape index (κ3) is 4.26. The van der Waals surface area contributed by atoms with Gasteiger partial charge >= 0.3 is 0 Å². The molecule has 1 heterocycles. The van der Waals surface area contributed by atoms with E-state index in [1.54, 1.807) is 12.1 Å². The Kier molecular flexibility index (Phi) is 4.23. The standard InChI is InChI=1S/C12H18ClN3O2S/c1-16-6-5-10(8-16)14-9-3-4-12(11(13)7-9)15-19(2,17)18/h3-4,7,10,14-15H,5-6,8H2,1-2H3. The van der Waals surface area contributed by atoms with Crippen molar-refractivity contribution in [3.8, 4) is 0 Å². The van der Waals surface area contributed by atoms with Gasteiger partial charge in [0.2, 0.25) is 10.0 Å². The monoisotopic (exact) mass is 303 g/mol. The van der Waals surface area contributed by atoms with E-state index < -0.39 is 10.0 Å². The third-order valence-electron chi connectivity index (χ3n) is 3.03. The smallest absolute Gasteiger partial charge is 0.229 e. The first-order chi connectivity index (χ1) is 8.83. The number of likely N-dealkylation sites (N-methyl/N-ethyl adjacent to an activating group) is 1. The fourth-order valence-corrected chi connectivity index (χ4v) is 3.04. The van der Waals surface area contributed by atoms with Gasteiger partial charge in [0.25, 0.3) is 0 Å². The highest BCUT2D eigenvalue weighted by molar-refractivity contribution is 7.92. The summed E-state index contributed by atoms with van der Waals surface area (Å²) in [5.41, 5.74) is 1.31. The lowest BCUT2D eigenvalue weighted by Gasteiger charge is -2.15. The van der Waals surface area contributed by atoms with Crippen LogP contribution in [-0.2, 0) is 10.0 Å². The second-order valence-electron chi connectivity index (χ2n) is 4.96. The van der Waals surface area contributed by atoms with Crippen molar-refractivity contribution in [2.24, 2.45) is 0 Å². The van der Waals surface area contributed by atoms with Crippen LogP contribution in [0.25, 0.3) is 0 Å². The van der Waals surface area contributed by atoms with Gasteiger partial charge in [0.05, 0.1) is 17.0 Å². The van der Waals surface area contributed by atoms with Crippen LogP contribution in [0.4, 0.5) is 11.4 Å². The number of hydrogen-bond acceptors (Lipinski definition) is 4. The maximum Gasteiger partial charge on any atom is 0.229 e. The van der Waals surface area contributed by atoms with Crippen molar-refractivity contribution in [3.63, 3.8) is 0 Å². The van der Waals surface area contributed by atoms with Gasteiger partial charge in [-0.15, -0.1) is 0 Å². The van der Waals surface area contributed by atoms with Gasteiger partial charge in [-0.3, -0.25) is 4.72 Å². The van der Waals surface area contributed by atoms with E-state index in [0.717, 1.165) is 31.5 Å². The maximum atomic E-state index is 11.2. The van der Waals surface area contributed by atoms with Gasteiger partial charge in [-0.05, 0) is 38.2 Å². The summed E-state index contributed by atoms with van der Waals surface area (Å²) in [6, 6.07) is 5.66. The van der Waals surface area contributed by atoms with Gasteiger partial charge in [0.15, 0.2) is 0 Å². The Balaban J connectivity index is 2.06. The number of nitrogens with one attached hydrogen (secondary N) is 2. The molecule has 1 fully saturated rings. The first-order valence-corrected chi connectivity index (χ1v) is 8.33. The lowest BCUT2D eigenvalue weighted by Crippen LogP contribution is -2.23. The topological polar surface area (TPSA) is 61.4 Å². The molecule has 5 nitrogen and oxygen atoms in total. The molecule has 0 amide bonds. The van der Waals surface area contributed by atoms with Gasteiger partial charge in [-0.2, -0.15) is 0 Å². The molecule has 0 spiro atoms. The predicted molar refractivity (Wildman–Crippen MR) is 79.4 cm³/mol.